The molecule has 0 saturated carbocycles. The first-order valence-electron chi connectivity index (χ1n) is 14.1. The van der Waals surface area contributed by atoms with Crippen LogP contribution < -0.4 is 4.74 Å². The highest BCUT2D eigenvalue weighted by atomic mass is 19.1. The number of imidazole rings is 1. The van der Waals surface area contributed by atoms with Crippen LogP contribution in [0.4, 0.5) is 4.39 Å². The summed E-state index contributed by atoms with van der Waals surface area (Å²) in [6, 6.07) is 22.3. The Hall–Kier alpha value is -4.49. The molecule has 5 aromatic rings. The van der Waals surface area contributed by atoms with Gasteiger partial charge in [0.2, 0.25) is 0 Å². The Kier molecular flexibility index (Phi) is 7.07. The van der Waals surface area contributed by atoms with Crippen LogP contribution in [0.3, 0.4) is 0 Å². The molecule has 6 nitrogen and oxygen atoms in total. The van der Waals surface area contributed by atoms with Crippen molar-refractivity contribution in [2.24, 2.45) is 0 Å². The summed E-state index contributed by atoms with van der Waals surface area (Å²) in [6.07, 6.45) is 2.57. The third-order valence-electron chi connectivity index (χ3n) is 7.48. The average Bonchev–Trinajstić information content (AvgIpc) is 3.38. The maximum absolute atomic E-state index is 13.5. The number of nitrogens with zero attached hydrogens (tertiary/aromatic N) is 2. The molecule has 1 aliphatic rings. The summed E-state index contributed by atoms with van der Waals surface area (Å²) < 4.78 is 27.5. The van der Waals surface area contributed by atoms with Crippen molar-refractivity contribution in [3.8, 4) is 39.4 Å². The number of benzene rings is 3. The highest BCUT2D eigenvalue weighted by Gasteiger charge is 2.32. The van der Waals surface area contributed by atoms with Gasteiger partial charge in [-0.15, -0.1) is 0 Å². The van der Waals surface area contributed by atoms with E-state index in [4.69, 9.17) is 14.5 Å². The van der Waals surface area contributed by atoms with Crippen LogP contribution in [-0.2, 0) is 16.0 Å². The monoisotopic (exact) mass is 564 g/mol. The van der Waals surface area contributed by atoms with E-state index in [9.17, 15) is 14.3 Å². The number of pyridine rings is 1. The lowest BCUT2D eigenvalue weighted by atomic mass is 9.94. The normalized spacial score (nSPS) is 13.9. The van der Waals surface area contributed by atoms with E-state index in [0.29, 0.717) is 17.8 Å². The number of hydrogen-bond donors (Lipinski definition) is 1. The number of aromatic nitrogens is 2. The molecule has 0 bridgehead atoms. The second kappa shape index (κ2) is 10.7. The lowest BCUT2D eigenvalue weighted by molar-refractivity contribution is -0.160. The molecule has 1 aliphatic heterocycles. The maximum Gasteiger partial charge on any atom is 0.337 e. The number of fused-ring (bicyclic) bond motifs is 2. The molecule has 0 aliphatic carbocycles. The summed E-state index contributed by atoms with van der Waals surface area (Å²) >= 11 is 0. The molecule has 214 valence electrons. The third-order valence-corrected chi connectivity index (χ3v) is 7.48. The number of ether oxygens (including phenoxy) is 2. The van der Waals surface area contributed by atoms with E-state index in [0.717, 1.165) is 63.4 Å². The molecular formula is C35H33FN2O4. The number of carbonyl (C=O) groups is 1. The number of hydrogen-bond acceptors (Lipinski definition) is 4. The second-order valence-electron chi connectivity index (χ2n) is 11.8. The van der Waals surface area contributed by atoms with Crippen LogP contribution in [0.5, 0.6) is 5.75 Å². The lowest BCUT2D eigenvalue weighted by Gasteiger charge is -2.28. The van der Waals surface area contributed by atoms with E-state index in [2.05, 4.69) is 6.07 Å². The lowest BCUT2D eigenvalue weighted by Crippen LogP contribution is -2.28. The number of carboxylic acid groups (broad SMARTS) is 1. The zero-order chi connectivity index (χ0) is 29.6. The summed E-state index contributed by atoms with van der Waals surface area (Å²) in [5.74, 6) is -0.472. The van der Waals surface area contributed by atoms with Gasteiger partial charge in [0.25, 0.3) is 0 Å². The molecule has 6 rings (SSSR count). The van der Waals surface area contributed by atoms with Crippen LogP contribution in [0.25, 0.3) is 39.3 Å². The summed E-state index contributed by atoms with van der Waals surface area (Å²) in [6.45, 7) is 8.17. The van der Waals surface area contributed by atoms with Gasteiger partial charge in [-0.1, -0.05) is 30.3 Å². The molecule has 42 heavy (non-hydrogen) atoms. The van der Waals surface area contributed by atoms with Crippen LogP contribution in [0.1, 0.15) is 50.0 Å². The summed E-state index contributed by atoms with van der Waals surface area (Å²) in [5, 5.41) is 10.4. The number of rotatable bonds is 6. The highest BCUT2D eigenvalue weighted by molar-refractivity contribution is 5.82. The quantitative estimate of drug-likeness (QED) is 0.226. The van der Waals surface area contributed by atoms with Crippen LogP contribution in [0.15, 0.2) is 79.0 Å². The van der Waals surface area contributed by atoms with Gasteiger partial charge >= 0.3 is 5.97 Å². The first-order valence-corrected chi connectivity index (χ1v) is 14.1. The van der Waals surface area contributed by atoms with Crippen molar-refractivity contribution in [1.29, 1.82) is 0 Å². The molecule has 3 heterocycles. The van der Waals surface area contributed by atoms with Crippen molar-refractivity contribution >= 4 is 11.6 Å². The molecule has 0 fully saturated rings. The van der Waals surface area contributed by atoms with Crippen molar-refractivity contribution in [1.82, 2.24) is 9.38 Å². The Labute approximate surface area is 244 Å². The minimum absolute atomic E-state index is 0.280. The molecule has 7 heteroatoms. The highest BCUT2D eigenvalue weighted by Crippen LogP contribution is 2.39. The number of aryl methyl sites for hydroxylation is 2. The van der Waals surface area contributed by atoms with Crippen molar-refractivity contribution in [3.63, 3.8) is 0 Å². The topological polar surface area (TPSA) is 73.1 Å². The van der Waals surface area contributed by atoms with Crippen LogP contribution >= 0.6 is 0 Å². The van der Waals surface area contributed by atoms with Crippen LogP contribution in [-0.4, -0.2) is 32.7 Å². The number of aliphatic carboxylic acids is 1. The van der Waals surface area contributed by atoms with E-state index < -0.39 is 17.7 Å². The number of halogens is 1. The van der Waals surface area contributed by atoms with Gasteiger partial charge in [-0.05, 0) is 111 Å². The third kappa shape index (κ3) is 5.40. The largest absolute Gasteiger partial charge is 0.493 e. The van der Waals surface area contributed by atoms with Gasteiger partial charge in [-0.3, -0.25) is 4.40 Å². The summed E-state index contributed by atoms with van der Waals surface area (Å²) in [4.78, 5) is 17.7. The van der Waals surface area contributed by atoms with Crippen LogP contribution in [0, 0.1) is 12.7 Å². The molecule has 2 aromatic heterocycles. The zero-order valence-electron chi connectivity index (χ0n) is 24.1. The van der Waals surface area contributed by atoms with Gasteiger partial charge in [0.1, 0.15) is 17.2 Å². The Morgan fingerprint density at radius 2 is 1.74 bits per heavy atom. The Balaban J connectivity index is 1.56. The van der Waals surface area contributed by atoms with Crippen molar-refractivity contribution in [3.05, 3.63) is 102 Å². The minimum Gasteiger partial charge on any atom is -0.493 e. The van der Waals surface area contributed by atoms with Gasteiger partial charge in [0.05, 0.1) is 23.6 Å². The van der Waals surface area contributed by atoms with E-state index in [-0.39, 0.29) is 5.82 Å². The smallest absolute Gasteiger partial charge is 0.337 e. The molecule has 0 spiro atoms. The van der Waals surface area contributed by atoms with E-state index in [1.807, 2.05) is 80.8 Å². The summed E-state index contributed by atoms with van der Waals surface area (Å²) in [5.41, 5.74) is 7.54. The van der Waals surface area contributed by atoms with Gasteiger partial charge in [0.15, 0.2) is 6.10 Å². The maximum atomic E-state index is 13.5. The standard InChI is InChI=1S/C35H33FN2O4/c1-21-17-30-37-28(24-8-5-7-23(18-24)22-10-13-27(36)14-11-22)20-38(30)32(31(21)33(34(39)40)42-35(2,3)4)26-12-15-29-25(19-26)9-6-16-41-29/h5,7-8,10-15,17-20,33H,6,9,16H2,1-4H3,(H,39,40)/t33-/m0/s1. The fourth-order valence-electron chi connectivity index (χ4n) is 5.62. The van der Waals surface area contributed by atoms with Crippen molar-refractivity contribution in [2.75, 3.05) is 6.61 Å². The molecule has 0 saturated heterocycles. The molecule has 1 atom stereocenters. The molecule has 1 N–H and O–H groups in total. The number of carboxylic acids is 1. The van der Waals surface area contributed by atoms with E-state index >= 15 is 0 Å². The fraction of sp³-hybridized carbons (Fsp3) is 0.257. The van der Waals surface area contributed by atoms with E-state index in [1.165, 1.54) is 12.1 Å². The molecular weight excluding hydrogens is 531 g/mol. The predicted octanol–water partition coefficient (Wildman–Crippen LogP) is 8.05. The molecule has 0 radical (unpaired) electrons. The SMILES string of the molecule is Cc1cc2nc(-c3cccc(-c4ccc(F)cc4)c3)cn2c(-c2ccc3c(c2)CCCO3)c1[C@H](OC(C)(C)C)C(=O)O. The van der Waals surface area contributed by atoms with Gasteiger partial charge < -0.3 is 14.6 Å². The predicted molar refractivity (Wildman–Crippen MR) is 161 cm³/mol. The zero-order valence-corrected chi connectivity index (χ0v) is 24.1. The second-order valence-corrected chi connectivity index (χ2v) is 11.8. The van der Waals surface area contributed by atoms with Gasteiger partial charge in [-0.25, -0.2) is 14.2 Å². The van der Waals surface area contributed by atoms with Gasteiger partial charge in [0, 0.05) is 17.3 Å². The Bertz CT molecular complexity index is 1800. The minimum atomic E-state index is -1.19. The van der Waals surface area contributed by atoms with Gasteiger partial charge in [-0.2, -0.15) is 0 Å². The van der Waals surface area contributed by atoms with Crippen molar-refractivity contribution < 1.29 is 23.8 Å². The molecule has 0 unspecified atom stereocenters. The van der Waals surface area contributed by atoms with Crippen LogP contribution in [0.2, 0.25) is 0 Å². The molecule has 0 amide bonds. The Morgan fingerprint density at radius 3 is 2.48 bits per heavy atom. The summed E-state index contributed by atoms with van der Waals surface area (Å²) in [7, 11) is 0. The van der Waals surface area contributed by atoms with E-state index in [1.54, 1.807) is 12.1 Å². The van der Waals surface area contributed by atoms with Crippen molar-refractivity contribution in [2.45, 2.75) is 52.2 Å². The molecule has 3 aromatic carbocycles. The first kappa shape index (κ1) is 27.7. The average molecular weight is 565 g/mol. The fourth-order valence-corrected chi connectivity index (χ4v) is 5.62. The Morgan fingerprint density at radius 1 is 1.00 bits per heavy atom. The first-order chi connectivity index (χ1) is 20.1.